The fraction of sp³-hybridized carbons (Fsp3) is 0.667. The van der Waals surface area contributed by atoms with Crippen LogP contribution in [0.5, 0.6) is 0 Å². The molecule has 20 heavy (non-hydrogen) atoms. The summed E-state index contributed by atoms with van der Waals surface area (Å²) in [5.74, 6) is 0.153. The Balaban J connectivity index is 2.22. The molecule has 2 atom stereocenters. The minimum Gasteiger partial charge on any atom is -0.391 e. The van der Waals surface area contributed by atoms with Crippen LogP contribution in [0.4, 0.5) is 11.9 Å². The highest BCUT2D eigenvalue weighted by atomic mass is 16.3. The number of carbonyl (C=O) groups excluding carboxylic acids is 1. The van der Waals surface area contributed by atoms with E-state index in [9.17, 15) is 9.90 Å². The Morgan fingerprint density at radius 3 is 2.65 bits per heavy atom. The van der Waals surface area contributed by atoms with Crippen molar-refractivity contribution in [1.82, 2.24) is 19.9 Å². The lowest BCUT2D eigenvalue weighted by Gasteiger charge is -2.16. The van der Waals surface area contributed by atoms with Crippen LogP contribution in [0.1, 0.15) is 24.0 Å². The van der Waals surface area contributed by atoms with Crippen LogP contribution >= 0.6 is 0 Å². The first kappa shape index (κ1) is 14.4. The van der Waals surface area contributed by atoms with Gasteiger partial charge in [0.1, 0.15) is 0 Å². The number of rotatable bonds is 3. The van der Waals surface area contributed by atoms with Gasteiger partial charge in [0.15, 0.2) is 0 Å². The molecule has 110 valence electrons. The lowest BCUT2D eigenvalue weighted by Crippen LogP contribution is -2.32. The van der Waals surface area contributed by atoms with Crippen molar-refractivity contribution >= 4 is 17.8 Å². The highest BCUT2D eigenvalue weighted by Gasteiger charge is 2.34. The Hall–Kier alpha value is -1.96. The molecule has 8 nitrogen and oxygen atoms in total. The van der Waals surface area contributed by atoms with Crippen molar-refractivity contribution < 1.29 is 9.90 Å². The predicted octanol–water partition coefficient (Wildman–Crippen LogP) is -0.637. The molecular weight excluding hydrogens is 260 g/mol. The van der Waals surface area contributed by atoms with Gasteiger partial charge in [-0.3, -0.25) is 4.79 Å². The molecule has 2 rings (SSSR count). The number of carbonyl (C=O) groups is 1. The van der Waals surface area contributed by atoms with Gasteiger partial charge in [-0.1, -0.05) is 6.92 Å². The Morgan fingerprint density at radius 1 is 1.40 bits per heavy atom. The van der Waals surface area contributed by atoms with Gasteiger partial charge in [0, 0.05) is 33.1 Å². The number of hydrogen-bond acceptors (Lipinski definition) is 7. The van der Waals surface area contributed by atoms with Crippen LogP contribution in [-0.2, 0) is 0 Å². The maximum Gasteiger partial charge on any atom is 0.292 e. The normalized spacial score (nSPS) is 22.1. The molecule has 0 bridgehead atoms. The Kier molecular flexibility index (Phi) is 4.03. The van der Waals surface area contributed by atoms with Crippen molar-refractivity contribution in [3.63, 3.8) is 0 Å². The van der Waals surface area contributed by atoms with E-state index in [1.54, 1.807) is 23.9 Å². The fourth-order valence-corrected chi connectivity index (χ4v) is 2.24. The number of hydrogen-bond donors (Lipinski definition) is 2. The van der Waals surface area contributed by atoms with Gasteiger partial charge < -0.3 is 20.6 Å². The molecule has 1 saturated heterocycles. The van der Waals surface area contributed by atoms with E-state index in [2.05, 4.69) is 15.0 Å². The van der Waals surface area contributed by atoms with E-state index in [1.165, 1.54) is 0 Å². The van der Waals surface area contributed by atoms with E-state index in [4.69, 9.17) is 5.73 Å². The van der Waals surface area contributed by atoms with Gasteiger partial charge in [0.05, 0.1) is 6.10 Å². The maximum absolute atomic E-state index is 12.4. The van der Waals surface area contributed by atoms with Gasteiger partial charge in [-0.15, -0.1) is 0 Å². The lowest BCUT2D eigenvalue weighted by atomic mass is 10.0. The quantitative estimate of drug-likeness (QED) is 0.758. The van der Waals surface area contributed by atoms with Gasteiger partial charge in [-0.05, 0) is 6.42 Å². The molecule has 1 aliphatic rings. The first-order valence-corrected chi connectivity index (χ1v) is 6.58. The van der Waals surface area contributed by atoms with Crippen molar-refractivity contribution in [1.29, 1.82) is 0 Å². The number of aliphatic hydroxyl groups excluding tert-OH is 1. The van der Waals surface area contributed by atoms with Gasteiger partial charge in [0.2, 0.25) is 17.7 Å². The number of nitrogen functional groups attached to an aromatic ring is 1. The monoisotopic (exact) mass is 280 g/mol. The molecule has 2 unspecified atom stereocenters. The van der Waals surface area contributed by atoms with Crippen LogP contribution in [0.15, 0.2) is 0 Å². The molecule has 1 amide bonds. The molecule has 2 heterocycles. The highest BCUT2D eigenvalue weighted by Crippen LogP contribution is 2.21. The number of aliphatic hydroxyl groups is 1. The number of β-amino-alcohol motifs (C(OH)–C–C–N with tert-alkyl or cyclic N) is 1. The van der Waals surface area contributed by atoms with Gasteiger partial charge in [0.25, 0.3) is 5.91 Å². The second-order valence-electron chi connectivity index (χ2n) is 5.16. The second kappa shape index (κ2) is 5.58. The summed E-state index contributed by atoms with van der Waals surface area (Å²) < 4.78 is 0. The van der Waals surface area contributed by atoms with Crippen molar-refractivity contribution in [3.8, 4) is 0 Å². The zero-order valence-electron chi connectivity index (χ0n) is 11.9. The van der Waals surface area contributed by atoms with Crippen LogP contribution in [0.2, 0.25) is 0 Å². The summed E-state index contributed by atoms with van der Waals surface area (Å²) in [6.07, 6.45) is 0.337. The summed E-state index contributed by atoms with van der Waals surface area (Å²) in [4.78, 5) is 27.5. The molecule has 0 aromatic carbocycles. The number of likely N-dealkylation sites (tertiary alicyclic amines) is 1. The van der Waals surface area contributed by atoms with E-state index in [0.29, 0.717) is 19.0 Å². The molecule has 0 saturated carbocycles. The maximum atomic E-state index is 12.4. The zero-order chi connectivity index (χ0) is 14.9. The predicted molar refractivity (Wildman–Crippen MR) is 74.3 cm³/mol. The first-order chi connectivity index (χ1) is 9.42. The van der Waals surface area contributed by atoms with Gasteiger partial charge in [-0.25, -0.2) is 0 Å². The summed E-state index contributed by atoms with van der Waals surface area (Å²) in [6, 6.07) is 0. The number of anilines is 2. The molecule has 1 aromatic rings. The zero-order valence-corrected chi connectivity index (χ0v) is 11.9. The van der Waals surface area contributed by atoms with Crippen molar-refractivity contribution in [3.05, 3.63) is 5.82 Å². The Morgan fingerprint density at radius 2 is 2.10 bits per heavy atom. The van der Waals surface area contributed by atoms with Crippen LogP contribution in [0, 0.1) is 5.92 Å². The molecular formula is C12H20N6O2. The van der Waals surface area contributed by atoms with Gasteiger partial charge >= 0.3 is 0 Å². The largest absolute Gasteiger partial charge is 0.391 e. The molecule has 1 aliphatic heterocycles. The third kappa shape index (κ3) is 2.79. The fourth-order valence-electron chi connectivity index (χ4n) is 2.24. The average Bonchev–Trinajstić information content (AvgIpc) is 2.78. The van der Waals surface area contributed by atoms with Gasteiger partial charge in [-0.2, -0.15) is 15.0 Å². The third-order valence-electron chi connectivity index (χ3n) is 3.45. The van der Waals surface area contributed by atoms with Crippen molar-refractivity contribution in [2.24, 2.45) is 5.92 Å². The topological polar surface area (TPSA) is 108 Å². The minimum absolute atomic E-state index is 0.0128. The highest BCUT2D eigenvalue weighted by molar-refractivity contribution is 5.91. The van der Waals surface area contributed by atoms with E-state index < -0.39 is 6.10 Å². The smallest absolute Gasteiger partial charge is 0.292 e. The average molecular weight is 280 g/mol. The number of aromatic nitrogens is 3. The third-order valence-corrected chi connectivity index (χ3v) is 3.45. The van der Waals surface area contributed by atoms with Crippen molar-refractivity contribution in [2.75, 3.05) is 37.8 Å². The minimum atomic E-state index is -0.489. The molecule has 0 spiro atoms. The molecule has 1 fully saturated rings. The van der Waals surface area contributed by atoms with E-state index in [1.807, 2.05) is 6.92 Å². The molecule has 8 heteroatoms. The SMILES string of the molecule is CCC1CN(C(=O)c2nc(N)nc(N(C)C)n2)CC1O. The molecule has 1 aromatic heterocycles. The molecule has 3 N–H and O–H groups in total. The summed E-state index contributed by atoms with van der Waals surface area (Å²) >= 11 is 0. The number of amides is 1. The number of nitrogens with zero attached hydrogens (tertiary/aromatic N) is 5. The number of nitrogens with two attached hydrogens (primary N) is 1. The van der Waals surface area contributed by atoms with E-state index in [0.717, 1.165) is 6.42 Å². The van der Waals surface area contributed by atoms with Crippen LogP contribution in [0.25, 0.3) is 0 Å². The summed E-state index contributed by atoms with van der Waals surface area (Å²) in [7, 11) is 3.52. The van der Waals surface area contributed by atoms with E-state index >= 15 is 0 Å². The first-order valence-electron chi connectivity index (χ1n) is 6.58. The van der Waals surface area contributed by atoms with Crippen LogP contribution in [-0.4, -0.2) is 64.2 Å². The van der Waals surface area contributed by atoms with Crippen LogP contribution < -0.4 is 10.6 Å². The Bertz CT molecular complexity index is 507. The van der Waals surface area contributed by atoms with Crippen molar-refractivity contribution in [2.45, 2.75) is 19.4 Å². The van der Waals surface area contributed by atoms with Crippen LogP contribution in [0.3, 0.4) is 0 Å². The summed E-state index contributed by atoms with van der Waals surface area (Å²) in [5, 5.41) is 9.87. The Labute approximate surface area is 117 Å². The summed E-state index contributed by atoms with van der Waals surface area (Å²) in [5.41, 5.74) is 5.61. The standard InChI is InChI=1S/C12H20N6O2/c1-4-7-5-18(6-8(7)19)10(20)9-14-11(13)16-12(15-9)17(2)3/h7-8,19H,4-6H2,1-3H3,(H2,13,14,15,16). The molecule has 0 aliphatic carbocycles. The molecule has 0 radical (unpaired) electrons. The summed E-state index contributed by atoms with van der Waals surface area (Å²) in [6.45, 7) is 2.81. The second-order valence-corrected chi connectivity index (χ2v) is 5.16. The lowest BCUT2D eigenvalue weighted by molar-refractivity contribution is 0.0752. The van der Waals surface area contributed by atoms with E-state index in [-0.39, 0.29) is 23.6 Å².